The molecule has 0 bridgehead atoms. The maximum absolute atomic E-state index is 5.41. The largest absolute Gasteiger partial charge is 0.379 e. The van der Waals surface area contributed by atoms with Gasteiger partial charge in [0.2, 0.25) is 0 Å². The van der Waals surface area contributed by atoms with Crippen molar-refractivity contribution >= 4 is 10.9 Å². The van der Waals surface area contributed by atoms with E-state index in [2.05, 4.69) is 49.7 Å². The highest BCUT2D eigenvalue weighted by Crippen LogP contribution is 2.24. The predicted octanol–water partition coefficient (Wildman–Crippen LogP) is 2.64. The molecule has 5 rings (SSSR count). The molecule has 0 spiro atoms. The van der Waals surface area contributed by atoms with Crippen molar-refractivity contribution in [2.24, 2.45) is 0 Å². The van der Waals surface area contributed by atoms with Crippen molar-refractivity contribution in [1.29, 1.82) is 0 Å². The summed E-state index contributed by atoms with van der Waals surface area (Å²) in [4.78, 5) is 2.41. The van der Waals surface area contributed by atoms with Crippen LogP contribution in [-0.2, 0) is 11.3 Å². The molecular weight excluding hydrogens is 340 g/mol. The van der Waals surface area contributed by atoms with Crippen LogP contribution in [0.3, 0.4) is 0 Å². The Morgan fingerprint density at radius 2 is 1.81 bits per heavy atom. The van der Waals surface area contributed by atoms with E-state index in [0.29, 0.717) is 0 Å². The Hall–Kier alpha value is -3.03. The van der Waals surface area contributed by atoms with Crippen molar-refractivity contribution in [3.05, 3.63) is 60.3 Å². The van der Waals surface area contributed by atoms with Crippen molar-refractivity contribution < 1.29 is 4.74 Å². The molecule has 1 aliphatic heterocycles. The van der Waals surface area contributed by atoms with Crippen LogP contribution >= 0.6 is 0 Å². The summed E-state index contributed by atoms with van der Waals surface area (Å²) in [6.07, 6.45) is 1.92. The third-order valence-corrected chi connectivity index (χ3v) is 4.92. The van der Waals surface area contributed by atoms with Gasteiger partial charge in [0, 0.05) is 25.0 Å². The number of aromatic nitrogens is 5. The molecule has 0 aliphatic carbocycles. The summed E-state index contributed by atoms with van der Waals surface area (Å²) < 4.78 is 7.20. The fourth-order valence-corrected chi connectivity index (χ4v) is 3.43. The average molecular weight is 360 g/mol. The number of aromatic amines is 1. The molecule has 0 unspecified atom stereocenters. The number of H-pyrrole nitrogens is 1. The number of nitrogens with one attached hydrogen (secondary N) is 1. The van der Waals surface area contributed by atoms with Gasteiger partial charge in [-0.05, 0) is 23.8 Å². The molecule has 7 nitrogen and oxygen atoms in total. The second kappa shape index (κ2) is 6.94. The number of hydrogen-bond donors (Lipinski definition) is 1. The van der Waals surface area contributed by atoms with Crippen LogP contribution in [0.25, 0.3) is 28.0 Å². The van der Waals surface area contributed by atoms with Crippen LogP contribution in [-0.4, -0.2) is 56.4 Å². The molecule has 7 heteroatoms. The smallest absolute Gasteiger partial charge is 0.134 e. The van der Waals surface area contributed by atoms with E-state index in [1.54, 1.807) is 4.68 Å². The zero-order valence-corrected chi connectivity index (χ0v) is 14.9. The van der Waals surface area contributed by atoms with Gasteiger partial charge in [0.15, 0.2) is 0 Å². The van der Waals surface area contributed by atoms with Crippen LogP contribution in [0, 0.1) is 0 Å². The van der Waals surface area contributed by atoms with Gasteiger partial charge in [0.1, 0.15) is 11.4 Å². The lowest BCUT2D eigenvalue weighted by molar-refractivity contribution is 0.0342. The Labute approximate surface area is 156 Å². The van der Waals surface area contributed by atoms with Crippen molar-refractivity contribution in [3.63, 3.8) is 0 Å². The highest BCUT2D eigenvalue weighted by Gasteiger charge is 2.13. The third-order valence-electron chi connectivity index (χ3n) is 4.92. The maximum atomic E-state index is 5.41. The van der Waals surface area contributed by atoms with Crippen LogP contribution in [0.1, 0.15) is 5.56 Å². The summed E-state index contributed by atoms with van der Waals surface area (Å²) in [6, 6.07) is 16.5. The SMILES string of the molecule is c1ccc2c(-c3cn(-c4ccc(CN5CCOCC5)cc4)nn3)n[nH]c2c1. The summed E-state index contributed by atoms with van der Waals surface area (Å²) in [6.45, 7) is 4.58. The summed E-state index contributed by atoms with van der Waals surface area (Å²) in [7, 11) is 0. The Bertz CT molecular complexity index is 1050. The van der Waals surface area contributed by atoms with E-state index in [-0.39, 0.29) is 0 Å². The molecule has 2 aromatic carbocycles. The molecule has 1 saturated heterocycles. The van der Waals surface area contributed by atoms with Crippen molar-refractivity contribution in [2.45, 2.75) is 6.54 Å². The van der Waals surface area contributed by atoms with Crippen LogP contribution in [0.5, 0.6) is 0 Å². The second-order valence-corrected chi connectivity index (χ2v) is 6.72. The predicted molar refractivity (Wildman–Crippen MR) is 103 cm³/mol. The van der Waals surface area contributed by atoms with Gasteiger partial charge >= 0.3 is 0 Å². The number of hydrogen-bond acceptors (Lipinski definition) is 5. The van der Waals surface area contributed by atoms with Gasteiger partial charge in [0.25, 0.3) is 0 Å². The average Bonchev–Trinajstić information content (AvgIpc) is 3.36. The van der Waals surface area contributed by atoms with Crippen LogP contribution < -0.4 is 0 Å². The van der Waals surface area contributed by atoms with Crippen molar-refractivity contribution in [2.75, 3.05) is 26.3 Å². The van der Waals surface area contributed by atoms with E-state index >= 15 is 0 Å². The first-order valence-corrected chi connectivity index (χ1v) is 9.12. The van der Waals surface area contributed by atoms with E-state index in [4.69, 9.17) is 4.74 Å². The monoisotopic (exact) mass is 360 g/mol. The van der Waals surface area contributed by atoms with E-state index in [0.717, 1.165) is 60.8 Å². The number of fused-ring (bicyclic) bond motifs is 1. The standard InChI is InChI=1S/C20H20N6O/c1-2-4-18-17(3-1)20(23-21-18)19-14-26(24-22-19)16-7-5-15(6-8-16)13-25-9-11-27-12-10-25/h1-8,14H,9-13H2,(H,21,23). The van der Waals surface area contributed by atoms with E-state index in [9.17, 15) is 0 Å². The normalized spacial score (nSPS) is 15.4. The Kier molecular flexibility index (Phi) is 4.16. The lowest BCUT2D eigenvalue weighted by Gasteiger charge is -2.26. The molecule has 0 amide bonds. The topological polar surface area (TPSA) is 71.9 Å². The van der Waals surface area contributed by atoms with Gasteiger partial charge < -0.3 is 4.74 Å². The molecule has 0 radical (unpaired) electrons. The highest BCUT2D eigenvalue weighted by atomic mass is 16.5. The molecule has 4 aromatic rings. The number of benzene rings is 2. The molecule has 1 fully saturated rings. The second-order valence-electron chi connectivity index (χ2n) is 6.72. The molecule has 2 aromatic heterocycles. The van der Waals surface area contributed by atoms with Crippen LogP contribution in [0.2, 0.25) is 0 Å². The minimum Gasteiger partial charge on any atom is -0.379 e. The van der Waals surface area contributed by atoms with Crippen molar-refractivity contribution in [3.8, 4) is 17.1 Å². The number of ether oxygens (including phenoxy) is 1. The number of morpholine rings is 1. The lowest BCUT2D eigenvalue weighted by Crippen LogP contribution is -2.35. The molecular formula is C20H20N6O. The van der Waals surface area contributed by atoms with Gasteiger partial charge in [-0.1, -0.05) is 35.5 Å². The Morgan fingerprint density at radius 3 is 2.67 bits per heavy atom. The first kappa shape index (κ1) is 16.2. The van der Waals surface area contributed by atoms with E-state index in [1.165, 1.54) is 5.56 Å². The van der Waals surface area contributed by atoms with Gasteiger partial charge in [-0.25, -0.2) is 4.68 Å². The number of nitrogens with zero attached hydrogens (tertiary/aromatic N) is 5. The third kappa shape index (κ3) is 3.22. The Balaban J connectivity index is 1.36. The van der Waals surface area contributed by atoms with Crippen LogP contribution in [0.15, 0.2) is 54.7 Å². The van der Waals surface area contributed by atoms with Crippen molar-refractivity contribution in [1.82, 2.24) is 30.1 Å². The maximum Gasteiger partial charge on any atom is 0.134 e. The fourth-order valence-electron chi connectivity index (χ4n) is 3.43. The zero-order chi connectivity index (χ0) is 18.1. The first-order valence-electron chi connectivity index (χ1n) is 9.12. The van der Waals surface area contributed by atoms with E-state index in [1.807, 2.05) is 30.5 Å². The molecule has 0 atom stereocenters. The Morgan fingerprint density at radius 1 is 1.00 bits per heavy atom. The van der Waals surface area contributed by atoms with Gasteiger partial charge in [-0.2, -0.15) is 5.10 Å². The molecule has 27 heavy (non-hydrogen) atoms. The van der Waals surface area contributed by atoms with E-state index < -0.39 is 0 Å². The van der Waals surface area contributed by atoms with Crippen LogP contribution in [0.4, 0.5) is 0 Å². The summed E-state index contributed by atoms with van der Waals surface area (Å²) in [5.74, 6) is 0. The quantitative estimate of drug-likeness (QED) is 0.606. The minimum absolute atomic E-state index is 0.754. The first-order chi connectivity index (χ1) is 13.4. The lowest BCUT2D eigenvalue weighted by atomic mass is 10.2. The number of para-hydroxylation sites is 1. The highest BCUT2D eigenvalue weighted by molar-refractivity contribution is 5.91. The molecule has 1 N–H and O–H groups in total. The molecule has 0 saturated carbocycles. The number of rotatable bonds is 4. The summed E-state index contributed by atoms with van der Waals surface area (Å²) in [5.41, 5.74) is 4.85. The zero-order valence-electron chi connectivity index (χ0n) is 14.9. The van der Waals surface area contributed by atoms with Gasteiger partial charge in [-0.3, -0.25) is 10.00 Å². The van der Waals surface area contributed by atoms with Gasteiger partial charge in [-0.15, -0.1) is 5.10 Å². The fraction of sp³-hybridized carbons (Fsp3) is 0.250. The minimum atomic E-state index is 0.754. The molecule has 136 valence electrons. The summed E-state index contributed by atoms with van der Waals surface area (Å²) in [5, 5.41) is 17.1. The molecule has 3 heterocycles. The van der Waals surface area contributed by atoms with Gasteiger partial charge in [0.05, 0.1) is 30.6 Å². The molecule has 1 aliphatic rings. The summed E-state index contributed by atoms with van der Waals surface area (Å²) >= 11 is 0.